The van der Waals surface area contributed by atoms with Crippen LogP contribution in [0.5, 0.6) is 0 Å². The standard InChI is InChI=1S/C12H13NO/c1-14-9-12(6-7-12)11-4-2-10(8-13)3-5-11/h2-5H,6-7,9H2,1H3. The van der Waals surface area contributed by atoms with Crippen molar-refractivity contribution in [2.45, 2.75) is 18.3 Å². The van der Waals surface area contributed by atoms with Crippen LogP contribution >= 0.6 is 0 Å². The molecule has 0 saturated heterocycles. The zero-order chi connectivity index (χ0) is 10.0. The minimum absolute atomic E-state index is 0.253. The Bertz CT molecular complexity index is 357. The van der Waals surface area contributed by atoms with E-state index < -0.39 is 0 Å². The minimum atomic E-state index is 0.253. The van der Waals surface area contributed by atoms with Crippen LogP contribution in [0.4, 0.5) is 0 Å². The summed E-state index contributed by atoms with van der Waals surface area (Å²) in [5.41, 5.74) is 2.28. The molecule has 2 heteroatoms. The van der Waals surface area contributed by atoms with Crippen LogP contribution in [-0.2, 0) is 10.2 Å². The van der Waals surface area contributed by atoms with E-state index in [0.29, 0.717) is 0 Å². The molecule has 0 spiro atoms. The van der Waals surface area contributed by atoms with Crippen LogP contribution in [-0.4, -0.2) is 13.7 Å². The van der Waals surface area contributed by atoms with E-state index in [4.69, 9.17) is 10.00 Å². The summed E-state index contributed by atoms with van der Waals surface area (Å²) in [5, 5.41) is 8.68. The molecule has 1 fully saturated rings. The van der Waals surface area contributed by atoms with Gasteiger partial charge < -0.3 is 4.74 Å². The van der Waals surface area contributed by atoms with Crippen LogP contribution in [0.25, 0.3) is 0 Å². The van der Waals surface area contributed by atoms with Gasteiger partial charge in [-0.15, -0.1) is 0 Å². The van der Waals surface area contributed by atoms with Crippen LogP contribution in [0.15, 0.2) is 24.3 Å². The quantitative estimate of drug-likeness (QED) is 0.727. The number of rotatable bonds is 3. The molecule has 0 unspecified atom stereocenters. The predicted octanol–water partition coefficient (Wildman–Crippen LogP) is 2.24. The van der Waals surface area contributed by atoms with Gasteiger partial charge in [-0.2, -0.15) is 5.26 Å². The first-order chi connectivity index (χ1) is 6.80. The summed E-state index contributed by atoms with van der Waals surface area (Å²) < 4.78 is 5.22. The van der Waals surface area contributed by atoms with Crippen LogP contribution < -0.4 is 0 Å². The highest BCUT2D eigenvalue weighted by molar-refractivity contribution is 5.37. The van der Waals surface area contributed by atoms with Crippen molar-refractivity contribution in [3.8, 4) is 6.07 Å². The highest BCUT2D eigenvalue weighted by Crippen LogP contribution is 2.48. The van der Waals surface area contributed by atoms with E-state index in [9.17, 15) is 0 Å². The van der Waals surface area contributed by atoms with Gasteiger partial charge in [-0.25, -0.2) is 0 Å². The highest BCUT2D eigenvalue weighted by Gasteiger charge is 2.44. The van der Waals surface area contributed by atoms with Gasteiger partial charge in [0.15, 0.2) is 0 Å². The zero-order valence-electron chi connectivity index (χ0n) is 8.29. The van der Waals surface area contributed by atoms with Gasteiger partial charge in [-0.1, -0.05) is 12.1 Å². The van der Waals surface area contributed by atoms with Crippen LogP contribution in [0, 0.1) is 11.3 Å². The second-order valence-electron chi connectivity index (χ2n) is 3.90. The van der Waals surface area contributed by atoms with Gasteiger partial charge in [-0.3, -0.25) is 0 Å². The Hall–Kier alpha value is -1.33. The molecule has 0 aliphatic heterocycles. The Kier molecular flexibility index (Phi) is 2.26. The molecule has 1 aliphatic rings. The summed E-state index contributed by atoms with van der Waals surface area (Å²) in [5.74, 6) is 0. The number of nitrogens with zero attached hydrogens (tertiary/aromatic N) is 1. The second-order valence-corrected chi connectivity index (χ2v) is 3.90. The molecular weight excluding hydrogens is 174 g/mol. The van der Waals surface area contributed by atoms with Crippen molar-refractivity contribution in [2.75, 3.05) is 13.7 Å². The van der Waals surface area contributed by atoms with Crippen LogP contribution in [0.2, 0.25) is 0 Å². The number of nitriles is 1. The Morgan fingerprint density at radius 3 is 2.43 bits per heavy atom. The third kappa shape index (κ3) is 1.51. The van der Waals surface area contributed by atoms with E-state index in [0.717, 1.165) is 12.2 Å². The summed E-state index contributed by atoms with van der Waals surface area (Å²) in [6.07, 6.45) is 2.40. The van der Waals surface area contributed by atoms with Gasteiger partial charge in [0.05, 0.1) is 18.2 Å². The number of hydrogen-bond acceptors (Lipinski definition) is 2. The maximum absolute atomic E-state index is 8.68. The molecule has 1 aromatic rings. The molecule has 1 saturated carbocycles. The number of benzene rings is 1. The fourth-order valence-electron chi connectivity index (χ4n) is 1.84. The van der Waals surface area contributed by atoms with E-state index in [2.05, 4.69) is 6.07 Å². The van der Waals surface area contributed by atoms with Gasteiger partial charge in [0, 0.05) is 12.5 Å². The molecule has 1 aromatic carbocycles. The third-order valence-corrected chi connectivity index (χ3v) is 2.90. The zero-order valence-corrected chi connectivity index (χ0v) is 8.29. The highest BCUT2D eigenvalue weighted by atomic mass is 16.5. The molecule has 2 rings (SSSR count). The lowest BCUT2D eigenvalue weighted by molar-refractivity contribution is 0.171. The number of ether oxygens (including phenoxy) is 1. The summed E-state index contributed by atoms with van der Waals surface area (Å²) in [6.45, 7) is 0.791. The van der Waals surface area contributed by atoms with E-state index in [-0.39, 0.29) is 5.41 Å². The molecule has 0 radical (unpaired) electrons. The summed E-state index contributed by atoms with van der Waals surface area (Å²) in [7, 11) is 1.74. The number of methoxy groups -OCH3 is 1. The summed E-state index contributed by atoms with van der Waals surface area (Å²) >= 11 is 0. The lowest BCUT2D eigenvalue weighted by Crippen LogP contribution is -2.13. The Balaban J connectivity index is 2.21. The first-order valence-corrected chi connectivity index (χ1v) is 4.80. The van der Waals surface area contributed by atoms with Gasteiger partial charge in [-0.05, 0) is 30.5 Å². The molecule has 0 amide bonds. The van der Waals surface area contributed by atoms with Crippen LogP contribution in [0.1, 0.15) is 24.0 Å². The van der Waals surface area contributed by atoms with Crippen molar-refractivity contribution >= 4 is 0 Å². The lowest BCUT2D eigenvalue weighted by atomic mass is 9.96. The Labute approximate surface area is 84.1 Å². The predicted molar refractivity (Wildman–Crippen MR) is 53.9 cm³/mol. The largest absolute Gasteiger partial charge is 0.384 e. The lowest BCUT2D eigenvalue weighted by Gasteiger charge is -2.13. The van der Waals surface area contributed by atoms with Crippen molar-refractivity contribution in [2.24, 2.45) is 0 Å². The maximum Gasteiger partial charge on any atom is 0.0991 e. The average Bonchev–Trinajstić information content (AvgIpc) is 3.00. The van der Waals surface area contributed by atoms with Crippen molar-refractivity contribution < 1.29 is 4.74 Å². The summed E-state index contributed by atoms with van der Waals surface area (Å²) in [6, 6.07) is 9.98. The van der Waals surface area contributed by atoms with E-state index >= 15 is 0 Å². The molecule has 1 aliphatic carbocycles. The van der Waals surface area contributed by atoms with Crippen molar-refractivity contribution in [1.29, 1.82) is 5.26 Å². The minimum Gasteiger partial charge on any atom is -0.384 e. The first kappa shape index (κ1) is 9.23. The molecule has 0 heterocycles. The Morgan fingerprint density at radius 1 is 1.36 bits per heavy atom. The maximum atomic E-state index is 8.68. The molecule has 0 N–H and O–H groups in total. The van der Waals surface area contributed by atoms with Gasteiger partial charge >= 0.3 is 0 Å². The van der Waals surface area contributed by atoms with Crippen molar-refractivity contribution in [3.05, 3.63) is 35.4 Å². The third-order valence-electron chi connectivity index (χ3n) is 2.90. The van der Waals surface area contributed by atoms with Gasteiger partial charge in [0.25, 0.3) is 0 Å². The molecule has 0 aromatic heterocycles. The average molecular weight is 187 g/mol. The fourth-order valence-corrected chi connectivity index (χ4v) is 1.84. The van der Waals surface area contributed by atoms with Gasteiger partial charge in [0.2, 0.25) is 0 Å². The molecule has 14 heavy (non-hydrogen) atoms. The van der Waals surface area contributed by atoms with Crippen molar-refractivity contribution in [3.63, 3.8) is 0 Å². The fraction of sp³-hybridized carbons (Fsp3) is 0.417. The van der Waals surface area contributed by atoms with E-state index in [1.165, 1.54) is 18.4 Å². The molecule has 72 valence electrons. The molecule has 0 bridgehead atoms. The first-order valence-electron chi connectivity index (χ1n) is 4.80. The molecule has 0 atom stereocenters. The summed E-state index contributed by atoms with van der Waals surface area (Å²) in [4.78, 5) is 0. The second kappa shape index (κ2) is 3.43. The molecular formula is C12H13NO. The van der Waals surface area contributed by atoms with E-state index in [1.807, 2.05) is 24.3 Å². The smallest absolute Gasteiger partial charge is 0.0991 e. The topological polar surface area (TPSA) is 33.0 Å². The Morgan fingerprint density at radius 2 is 2.00 bits per heavy atom. The van der Waals surface area contributed by atoms with E-state index in [1.54, 1.807) is 7.11 Å². The van der Waals surface area contributed by atoms with Crippen LogP contribution in [0.3, 0.4) is 0 Å². The number of hydrogen-bond donors (Lipinski definition) is 0. The molecule has 2 nitrogen and oxygen atoms in total. The monoisotopic (exact) mass is 187 g/mol. The van der Waals surface area contributed by atoms with Crippen molar-refractivity contribution in [1.82, 2.24) is 0 Å². The SMILES string of the molecule is COCC1(c2ccc(C#N)cc2)CC1. The normalized spacial score (nSPS) is 17.4. The van der Waals surface area contributed by atoms with Gasteiger partial charge in [0.1, 0.15) is 0 Å².